The van der Waals surface area contributed by atoms with Crippen molar-refractivity contribution in [2.75, 3.05) is 24.5 Å². The van der Waals surface area contributed by atoms with Crippen LogP contribution in [0.25, 0.3) is 0 Å². The molecule has 118 valence electrons. The van der Waals surface area contributed by atoms with Gasteiger partial charge in [0.05, 0.1) is 11.4 Å². The molecule has 0 saturated carbocycles. The van der Waals surface area contributed by atoms with Gasteiger partial charge in [-0.05, 0) is 43.5 Å². The lowest BCUT2D eigenvalue weighted by Crippen LogP contribution is -2.42. The van der Waals surface area contributed by atoms with Gasteiger partial charge in [0.15, 0.2) is 0 Å². The zero-order valence-corrected chi connectivity index (χ0v) is 13.9. The molecule has 0 atom stereocenters. The summed E-state index contributed by atoms with van der Waals surface area (Å²) in [6, 6.07) is 16.7. The van der Waals surface area contributed by atoms with Gasteiger partial charge in [-0.3, -0.25) is 4.79 Å². The van der Waals surface area contributed by atoms with Gasteiger partial charge in [0.25, 0.3) is 0 Å². The molecule has 0 bridgehead atoms. The summed E-state index contributed by atoms with van der Waals surface area (Å²) in [7, 11) is 0. The summed E-state index contributed by atoms with van der Waals surface area (Å²) in [6.07, 6.45) is 3.51. The fourth-order valence-corrected chi connectivity index (χ4v) is 4.43. The van der Waals surface area contributed by atoms with Crippen molar-refractivity contribution in [3.8, 4) is 0 Å². The van der Waals surface area contributed by atoms with E-state index >= 15 is 0 Å². The Balaban J connectivity index is 1.66. The molecule has 4 rings (SSSR count). The summed E-state index contributed by atoms with van der Waals surface area (Å²) in [5, 5.41) is 0. The molecular formula is C19H20N2OS. The van der Waals surface area contributed by atoms with Crippen molar-refractivity contribution in [2.45, 2.75) is 29.1 Å². The third-order valence-corrected chi connectivity index (χ3v) is 5.66. The van der Waals surface area contributed by atoms with Gasteiger partial charge in [0, 0.05) is 22.9 Å². The Morgan fingerprint density at radius 2 is 1.43 bits per heavy atom. The maximum absolute atomic E-state index is 12.8. The van der Waals surface area contributed by atoms with Crippen molar-refractivity contribution in [1.82, 2.24) is 4.90 Å². The van der Waals surface area contributed by atoms with Crippen LogP contribution in [0.1, 0.15) is 19.3 Å². The molecule has 2 aromatic rings. The number of nitrogens with zero attached hydrogens (tertiary/aromatic N) is 2. The third kappa shape index (κ3) is 2.83. The number of likely N-dealkylation sites (tertiary alicyclic amines) is 1. The topological polar surface area (TPSA) is 23.6 Å². The fourth-order valence-electron chi connectivity index (χ4n) is 3.33. The lowest BCUT2D eigenvalue weighted by molar-refractivity contribution is -0.130. The molecule has 0 spiro atoms. The maximum Gasteiger partial charge on any atom is 0.242 e. The normalized spacial score (nSPS) is 16.7. The second-order valence-electron chi connectivity index (χ2n) is 6.07. The largest absolute Gasteiger partial charge is 0.341 e. The van der Waals surface area contributed by atoms with Gasteiger partial charge < -0.3 is 9.80 Å². The number of hydrogen-bond acceptors (Lipinski definition) is 3. The number of fused-ring (bicyclic) bond motifs is 2. The Kier molecular flexibility index (Phi) is 4.00. The molecule has 0 radical (unpaired) electrons. The van der Waals surface area contributed by atoms with E-state index in [1.165, 1.54) is 16.2 Å². The highest BCUT2D eigenvalue weighted by Crippen LogP contribution is 2.47. The van der Waals surface area contributed by atoms with E-state index in [0.29, 0.717) is 6.54 Å². The first-order valence-electron chi connectivity index (χ1n) is 8.24. The van der Waals surface area contributed by atoms with Crippen molar-refractivity contribution >= 4 is 29.0 Å². The molecule has 1 amide bonds. The molecule has 4 heteroatoms. The lowest BCUT2D eigenvalue weighted by Gasteiger charge is -2.35. The summed E-state index contributed by atoms with van der Waals surface area (Å²) in [4.78, 5) is 19.4. The van der Waals surface area contributed by atoms with Gasteiger partial charge in [-0.2, -0.15) is 0 Å². The van der Waals surface area contributed by atoms with Crippen LogP contribution in [0, 0.1) is 0 Å². The predicted octanol–water partition coefficient (Wildman–Crippen LogP) is 4.30. The molecule has 2 aromatic carbocycles. The van der Waals surface area contributed by atoms with Crippen LogP contribution in [0.15, 0.2) is 58.3 Å². The minimum atomic E-state index is 0.237. The summed E-state index contributed by atoms with van der Waals surface area (Å²) >= 11 is 1.78. The Labute approximate surface area is 141 Å². The van der Waals surface area contributed by atoms with Gasteiger partial charge in [0.1, 0.15) is 6.54 Å². The quantitative estimate of drug-likeness (QED) is 0.823. The van der Waals surface area contributed by atoms with Crippen molar-refractivity contribution in [3.63, 3.8) is 0 Å². The SMILES string of the molecule is O=C(CN1c2ccccc2Sc2ccccc21)N1CCCCC1. The second kappa shape index (κ2) is 6.28. The van der Waals surface area contributed by atoms with Gasteiger partial charge >= 0.3 is 0 Å². The molecule has 23 heavy (non-hydrogen) atoms. The first-order valence-corrected chi connectivity index (χ1v) is 9.06. The summed E-state index contributed by atoms with van der Waals surface area (Å²) in [5.74, 6) is 0.237. The van der Waals surface area contributed by atoms with Gasteiger partial charge in [-0.15, -0.1) is 0 Å². The first-order chi connectivity index (χ1) is 11.3. The van der Waals surface area contributed by atoms with E-state index in [1.54, 1.807) is 11.8 Å². The van der Waals surface area contributed by atoms with Crippen LogP contribution in [0.5, 0.6) is 0 Å². The molecular weight excluding hydrogens is 304 g/mol. The smallest absolute Gasteiger partial charge is 0.242 e. The van der Waals surface area contributed by atoms with Crippen LogP contribution in [-0.4, -0.2) is 30.4 Å². The number of para-hydroxylation sites is 2. The Morgan fingerprint density at radius 1 is 0.870 bits per heavy atom. The molecule has 2 aliphatic heterocycles. The average molecular weight is 324 g/mol. The average Bonchev–Trinajstić information content (AvgIpc) is 2.62. The number of carbonyl (C=O) groups is 1. The number of rotatable bonds is 2. The minimum absolute atomic E-state index is 0.237. The van der Waals surface area contributed by atoms with E-state index < -0.39 is 0 Å². The molecule has 0 aliphatic carbocycles. The van der Waals surface area contributed by atoms with E-state index in [0.717, 1.165) is 37.3 Å². The number of hydrogen-bond donors (Lipinski definition) is 0. The molecule has 2 aliphatic rings. The van der Waals surface area contributed by atoms with Crippen molar-refractivity contribution < 1.29 is 4.79 Å². The molecule has 0 unspecified atom stereocenters. The zero-order chi connectivity index (χ0) is 15.6. The highest BCUT2D eigenvalue weighted by molar-refractivity contribution is 7.99. The van der Waals surface area contributed by atoms with E-state index in [2.05, 4.69) is 41.3 Å². The van der Waals surface area contributed by atoms with E-state index in [9.17, 15) is 4.79 Å². The number of anilines is 2. The lowest BCUT2D eigenvalue weighted by atomic mass is 10.1. The Hall–Kier alpha value is -1.94. The van der Waals surface area contributed by atoms with Gasteiger partial charge in [-0.1, -0.05) is 36.0 Å². The first kappa shape index (κ1) is 14.6. The molecule has 1 fully saturated rings. The van der Waals surface area contributed by atoms with Crippen LogP contribution in [0.3, 0.4) is 0 Å². The van der Waals surface area contributed by atoms with Crippen molar-refractivity contribution in [1.29, 1.82) is 0 Å². The fraction of sp³-hybridized carbons (Fsp3) is 0.316. The van der Waals surface area contributed by atoms with Gasteiger partial charge in [0.2, 0.25) is 5.91 Å². The maximum atomic E-state index is 12.8. The summed E-state index contributed by atoms with van der Waals surface area (Å²) in [6.45, 7) is 2.24. The van der Waals surface area contributed by atoms with Crippen molar-refractivity contribution in [2.24, 2.45) is 0 Å². The standard InChI is InChI=1S/C19H20N2OS/c22-19(20-12-6-1-7-13-20)14-21-15-8-2-4-10-17(15)23-18-11-5-3-9-16(18)21/h2-5,8-11H,1,6-7,12-14H2. The van der Waals surface area contributed by atoms with E-state index in [-0.39, 0.29) is 5.91 Å². The van der Waals surface area contributed by atoms with Crippen molar-refractivity contribution in [3.05, 3.63) is 48.5 Å². The van der Waals surface area contributed by atoms with E-state index in [1.807, 2.05) is 17.0 Å². The van der Waals surface area contributed by atoms with Crippen LogP contribution in [0.2, 0.25) is 0 Å². The number of benzene rings is 2. The van der Waals surface area contributed by atoms with E-state index in [4.69, 9.17) is 0 Å². The predicted molar refractivity (Wildman–Crippen MR) is 94.4 cm³/mol. The molecule has 0 aromatic heterocycles. The second-order valence-corrected chi connectivity index (χ2v) is 7.15. The number of carbonyl (C=O) groups excluding carboxylic acids is 1. The van der Waals surface area contributed by atoms with Crippen LogP contribution in [0.4, 0.5) is 11.4 Å². The Morgan fingerprint density at radius 3 is 2.04 bits per heavy atom. The van der Waals surface area contributed by atoms with Crippen LogP contribution in [-0.2, 0) is 4.79 Å². The highest BCUT2D eigenvalue weighted by Gasteiger charge is 2.26. The summed E-state index contributed by atoms with van der Waals surface area (Å²) < 4.78 is 0. The number of piperidine rings is 1. The molecule has 0 N–H and O–H groups in total. The zero-order valence-electron chi connectivity index (χ0n) is 13.1. The highest BCUT2D eigenvalue weighted by atomic mass is 32.2. The molecule has 3 nitrogen and oxygen atoms in total. The summed E-state index contributed by atoms with van der Waals surface area (Å²) in [5.41, 5.74) is 2.28. The molecule has 2 heterocycles. The van der Waals surface area contributed by atoms with Gasteiger partial charge in [-0.25, -0.2) is 0 Å². The minimum Gasteiger partial charge on any atom is -0.341 e. The number of amides is 1. The molecule has 1 saturated heterocycles. The monoisotopic (exact) mass is 324 g/mol. The Bertz CT molecular complexity index is 679. The third-order valence-electron chi connectivity index (χ3n) is 4.53. The van der Waals surface area contributed by atoms with Crippen LogP contribution >= 0.6 is 11.8 Å². The van der Waals surface area contributed by atoms with Crippen LogP contribution < -0.4 is 4.90 Å².